The summed E-state index contributed by atoms with van der Waals surface area (Å²) >= 11 is 0. The van der Waals surface area contributed by atoms with Crippen molar-refractivity contribution in [1.29, 1.82) is 0 Å². The largest absolute Gasteiger partial charge is 0.316 e. The third kappa shape index (κ3) is 5.82. The topological polar surface area (TPSA) is 42.7 Å². The second kappa shape index (κ2) is 7.43. The van der Waals surface area contributed by atoms with Crippen LogP contribution in [0.25, 0.3) is 0 Å². The maximum Gasteiger partial charge on any atom is 0.138 e. The molecule has 0 aliphatic heterocycles. The first-order valence-electron chi connectivity index (χ1n) is 6.67. The lowest BCUT2D eigenvalue weighted by atomic mass is 10.2. The molecule has 1 heterocycles. The molecule has 0 amide bonds. The molecule has 0 unspecified atom stereocenters. The zero-order chi connectivity index (χ0) is 12.7. The van der Waals surface area contributed by atoms with Gasteiger partial charge in [-0.2, -0.15) is 5.10 Å². The number of rotatable bonds is 8. The second-order valence-corrected chi connectivity index (χ2v) is 5.45. The molecule has 98 valence electrons. The number of aryl methyl sites for hydroxylation is 1. The van der Waals surface area contributed by atoms with Gasteiger partial charge in [-0.05, 0) is 31.3 Å². The lowest BCUT2D eigenvalue weighted by molar-refractivity contribution is 0.460. The molecule has 0 atom stereocenters. The van der Waals surface area contributed by atoms with Crippen molar-refractivity contribution < 1.29 is 0 Å². The Kier molecular flexibility index (Phi) is 6.19. The van der Waals surface area contributed by atoms with Crippen molar-refractivity contribution in [2.75, 3.05) is 13.1 Å². The third-order valence-electron chi connectivity index (χ3n) is 2.54. The first-order chi connectivity index (χ1) is 8.09. The van der Waals surface area contributed by atoms with Gasteiger partial charge in [-0.1, -0.05) is 27.7 Å². The van der Waals surface area contributed by atoms with E-state index in [0.717, 1.165) is 44.2 Å². The highest BCUT2D eigenvalue weighted by Gasteiger charge is 2.05. The van der Waals surface area contributed by atoms with E-state index >= 15 is 0 Å². The van der Waals surface area contributed by atoms with E-state index in [1.54, 1.807) is 6.33 Å². The molecule has 1 rings (SSSR count). The summed E-state index contributed by atoms with van der Waals surface area (Å²) in [4.78, 5) is 4.33. The third-order valence-corrected chi connectivity index (χ3v) is 2.54. The fraction of sp³-hybridized carbons (Fsp3) is 0.846. The normalized spacial score (nSPS) is 11.6. The van der Waals surface area contributed by atoms with Gasteiger partial charge in [-0.25, -0.2) is 9.67 Å². The monoisotopic (exact) mass is 238 g/mol. The molecule has 0 aliphatic rings. The molecule has 4 heteroatoms. The average Bonchev–Trinajstić information content (AvgIpc) is 2.64. The van der Waals surface area contributed by atoms with Crippen molar-refractivity contribution in [2.24, 2.45) is 11.8 Å². The zero-order valence-corrected chi connectivity index (χ0v) is 11.6. The van der Waals surface area contributed by atoms with Crippen molar-refractivity contribution in [3.63, 3.8) is 0 Å². The minimum absolute atomic E-state index is 0.620. The predicted octanol–water partition coefficient (Wildman–Crippen LogP) is 2.11. The molecule has 0 bridgehead atoms. The van der Waals surface area contributed by atoms with Crippen molar-refractivity contribution >= 4 is 0 Å². The number of nitrogens with one attached hydrogen (secondary N) is 1. The highest BCUT2D eigenvalue weighted by molar-refractivity contribution is 4.85. The average molecular weight is 238 g/mol. The number of hydrogen-bond donors (Lipinski definition) is 1. The van der Waals surface area contributed by atoms with E-state index in [0.29, 0.717) is 5.92 Å². The minimum Gasteiger partial charge on any atom is -0.316 e. The molecule has 4 nitrogen and oxygen atoms in total. The van der Waals surface area contributed by atoms with Crippen LogP contribution in [-0.4, -0.2) is 27.9 Å². The first-order valence-corrected chi connectivity index (χ1v) is 6.67. The molecule has 0 saturated carbocycles. The van der Waals surface area contributed by atoms with Crippen molar-refractivity contribution in [3.05, 3.63) is 12.2 Å². The fourth-order valence-electron chi connectivity index (χ4n) is 1.74. The van der Waals surface area contributed by atoms with E-state index in [-0.39, 0.29) is 0 Å². The van der Waals surface area contributed by atoms with Crippen molar-refractivity contribution in [2.45, 2.75) is 47.1 Å². The molecule has 0 radical (unpaired) electrons. The van der Waals surface area contributed by atoms with E-state index in [9.17, 15) is 0 Å². The highest BCUT2D eigenvalue weighted by atomic mass is 15.3. The maximum absolute atomic E-state index is 4.33. The zero-order valence-electron chi connectivity index (χ0n) is 11.6. The number of nitrogens with zero attached hydrogens (tertiary/aromatic N) is 3. The Morgan fingerprint density at radius 3 is 2.65 bits per heavy atom. The fourth-order valence-corrected chi connectivity index (χ4v) is 1.74. The molecule has 1 N–H and O–H groups in total. The van der Waals surface area contributed by atoms with Crippen molar-refractivity contribution in [3.8, 4) is 0 Å². The van der Waals surface area contributed by atoms with Gasteiger partial charge in [0.15, 0.2) is 0 Å². The molecular weight excluding hydrogens is 212 g/mol. The summed E-state index contributed by atoms with van der Waals surface area (Å²) < 4.78 is 2.03. The Labute approximate surface area is 105 Å². The van der Waals surface area contributed by atoms with Crippen LogP contribution < -0.4 is 5.32 Å². The van der Waals surface area contributed by atoms with Crippen LogP contribution in [0.4, 0.5) is 0 Å². The van der Waals surface area contributed by atoms with Crippen LogP contribution in [0.15, 0.2) is 6.33 Å². The van der Waals surface area contributed by atoms with Crippen LogP contribution in [0, 0.1) is 11.8 Å². The molecule has 1 aromatic rings. The van der Waals surface area contributed by atoms with Gasteiger partial charge in [0.1, 0.15) is 12.2 Å². The van der Waals surface area contributed by atoms with E-state index in [1.807, 2.05) is 4.68 Å². The van der Waals surface area contributed by atoms with Crippen LogP contribution >= 0.6 is 0 Å². The molecule has 0 saturated heterocycles. The van der Waals surface area contributed by atoms with Gasteiger partial charge in [0, 0.05) is 13.0 Å². The Morgan fingerprint density at radius 1 is 1.24 bits per heavy atom. The Morgan fingerprint density at radius 2 is 2.00 bits per heavy atom. The molecule has 0 fully saturated rings. The molecule has 0 aromatic carbocycles. The van der Waals surface area contributed by atoms with Gasteiger partial charge < -0.3 is 5.32 Å². The van der Waals surface area contributed by atoms with Gasteiger partial charge in [-0.15, -0.1) is 0 Å². The Bertz CT molecular complexity index is 304. The van der Waals surface area contributed by atoms with Gasteiger partial charge in [-0.3, -0.25) is 0 Å². The summed E-state index contributed by atoms with van der Waals surface area (Å²) in [6, 6.07) is 0. The minimum atomic E-state index is 0.620. The van der Waals surface area contributed by atoms with Crippen LogP contribution in [0.3, 0.4) is 0 Å². The van der Waals surface area contributed by atoms with Crippen LogP contribution in [-0.2, 0) is 13.0 Å². The SMILES string of the molecule is CC(C)CNCCCc1ncnn1CC(C)C. The van der Waals surface area contributed by atoms with Gasteiger partial charge in [0.25, 0.3) is 0 Å². The summed E-state index contributed by atoms with van der Waals surface area (Å²) in [5.41, 5.74) is 0. The maximum atomic E-state index is 4.33. The Hall–Kier alpha value is -0.900. The lowest BCUT2D eigenvalue weighted by Gasteiger charge is -2.09. The summed E-state index contributed by atoms with van der Waals surface area (Å²) in [6.45, 7) is 12.0. The van der Waals surface area contributed by atoms with E-state index in [1.165, 1.54) is 0 Å². The molecular formula is C13H26N4. The molecule has 0 aliphatic carbocycles. The van der Waals surface area contributed by atoms with Crippen LogP contribution in [0.1, 0.15) is 39.9 Å². The van der Waals surface area contributed by atoms with E-state index < -0.39 is 0 Å². The quantitative estimate of drug-likeness (QED) is 0.705. The highest BCUT2D eigenvalue weighted by Crippen LogP contribution is 2.03. The van der Waals surface area contributed by atoms with E-state index in [4.69, 9.17) is 0 Å². The predicted molar refractivity (Wildman–Crippen MR) is 70.9 cm³/mol. The van der Waals surface area contributed by atoms with E-state index in [2.05, 4.69) is 43.1 Å². The van der Waals surface area contributed by atoms with Crippen LogP contribution in [0.2, 0.25) is 0 Å². The standard InChI is InChI=1S/C13H26N4/c1-11(2)8-14-7-5-6-13-15-10-16-17(13)9-12(3)4/h10-12,14H,5-9H2,1-4H3. The van der Waals surface area contributed by atoms with Crippen molar-refractivity contribution in [1.82, 2.24) is 20.1 Å². The Balaban J connectivity index is 2.24. The lowest BCUT2D eigenvalue weighted by Crippen LogP contribution is -2.21. The first kappa shape index (κ1) is 14.2. The smallest absolute Gasteiger partial charge is 0.138 e. The summed E-state index contributed by atoms with van der Waals surface area (Å²) in [5, 5.41) is 7.72. The number of hydrogen-bond acceptors (Lipinski definition) is 3. The van der Waals surface area contributed by atoms with Gasteiger partial charge >= 0.3 is 0 Å². The second-order valence-electron chi connectivity index (χ2n) is 5.45. The summed E-state index contributed by atoms with van der Waals surface area (Å²) in [7, 11) is 0. The van der Waals surface area contributed by atoms with Gasteiger partial charge in [0.05, 0.1) is 0 Å². The molecule has 17 heavy (non-hydrogen) atoms. The summed E-state index contributed by atoms with van der Waals surface area (Å²) in [5.74, 6) is 2.46. The molecule has 1 aromatic heterocycles. The number of aromatic nitrogens is 3. The van der Waals surface area contributed by atoms with Gasteiger partial charge in [0.2, 0.25) is 0 Å². The van der Waals surface area contributed by atoms with Crippen LogP contribution in [0.5, 0.6) is 0 Å². The summed E-state index contributed by atoms with van der Waals surface area (Å²) in [6.07, 6.45) is 3.81. The molecule has 0 spiro atoms.